The Morgan fingerprint density at radius 2 is 1.88 bits per heavy atom. The van der Waals surface area contributed by atoms with Gasteiger partial charge in [0.05, 0.1) is 18.4 Å². The highest BCUT2D eigenvalue weighted by molar-refractivity contribution is 5.96. The van der Waals surface area contributed by atoms with Crippen LogP contribution in [0.15, 0.2) is 54.9 Å². The maximum Gasteiger partial charge on any atom is 0.253 e. The lowest BCUT2D eigenvalue weighted by Gasteiger charge is -2.14. The Morgan fingerprint density at radius 1 is 1.16 bits per heavy atom. The van der Waals surface area contributed by atoms with Crippen LogP contribution >= 0.6 is 0 Å². The van der Waals surface area contributed by atoms with Crippen molar-refractivity contribution in [1.29, 1.82) is 0 Å². The number of carbonyl (C=O) groups is 1. The van der Waals surface area contributed by atoms with Gasteiger partial charge in [0.1, 0.15) is 5.75 Å². The zero-order valence-corrected chi connectivity index (χ0v) is 14.6. The molecule has 2 heterocycles. The third kappa shape index (κ3) is 3.40. The van der Waals surface area contributed by atoms with Crippen molar-refractivity contribution in [2.45, 2.75) is 20.4 Å². The molecule has 0 saturated heterocycles. The summed E-state index contributed by atoms with van der Waals surface area (Å²) in [5.74, 6) is 0.680. The van der Waals surface area contributed by atoms with E-state index in [0.29, 0.717) is 12.1 Å². The van der Waals surface area contributed by atoms with Crippen LogP contribution in [0.4, 0.5) is 0 Å². The second-order valence-electron chi connectivity index (χ2n) is 5.83. The Hall–Kier alpha value is -3.08. The third-order valence-corrected chi connectivity index (χ3v) is 4.20. The average Bonchev–Trinajstić information content (AvgIpc) is 2.95. The van der Waals surface area contributed by atoms with Crippen molar-refractivity contribution in [2.75, 3.05) is 7.11 Å². The molecule has 1 amide bonds. The van der Waals surface area contributed by atoms with E-state index >= 15 is 0 Å². The minimum absolute atomic E-state index is 0.0916. The van der Waals surface area contributed by atoms with Gasteiger partial charge < -0.3 is 14.6 Å². The minimum Gasteiger partial charge on any atom is -0.495 e. The number of amides is 1. The van der Waals surface area contributed by atoms with E-state index < -0.39 is 0 Å². The van der Waals surface area contributed by atoms with Crippen molar-refractivity contribution < 1.29 is 9.53 Å². The summed E-state index contributed by atoms with van der Waals surface area (Å²) in [6.45, 7) is 4.40. The number of hydrogen-bond donors (Lipinski definition) is 1. The predicted octanol–water partition coefficient (Wildman–Crippen LogP) is 3.43. The van der Waals surface area contributed by atoms with Gasteiger partial charge in [0, 0.05) is 30.3 Å². The summed E-state index contributed by atoms with van der Waals surface area (Å²) in [6.07, 6.45) is 3.43. The summed E-state index contributed by atoms with van der Waals surface area (Å²) >= 11 is 0. The topological polar surface area (TPSA) is 56.1 Å². The first kappa shape index (κ1) is 16.8. The van der Waals surface area contributed by atoms with Gasteiger partial charge in [-0.15, -0.1) is 0 Å². The molecule has 0 saturated carbocycles. The second kappa shape index (κ2) is 7.21. The summed E-state index contributed by atoms with van der Waals surface area (Å²) < 4.78 is 7.50. The average molecular weight is 335 g/mol. The van der Waals surface area contributed by atoms with Crippen molar-refractivity contribution in [2.24, 2.45) is 0 Å². The lowest BCUT2D eigenvalue weighted by molar-refractivity contribution is 0.0950. The number of carbonyl (C=O) groups excluding carboxylic acids is 1. The van der Waals surface area contributed by atoms with E-state index in [4.69, 9.17) is 4.74 Å². The quantitative estimate of drug-likeness (QED) is 0.777. The molecule has 3 aromatic rings. The predicted molar refractivity (Wildman–Crippen MR) is 97.2 cm³/mol. The molecule has 0 spiro atoms. The van der Waals surface area contributed by atoms with E-state index in [9.17, 15) is 4.79 Å². The first-order chi connectivity index (χ1) is 12.1. The Labute approximate surface area is 147 Å². The zero-order valence-electron chi connectivity index (χ0n) is 14.6. The highest BCUT2D eigenvalue weighted by Crippen LogP contribution is 2.27. The highest BCUT2D eigenvalue weighted by Gasteiger charge is 2.18. The van der Waals surface area contributed by atoms with Gasteiger partial charge in [-0.05, 0) is 49.7 Å². The Balaban J connectivity index is 1.88. The Morgan fingerprint density at radius 3 is 2.60 bits per heavy atom. The molecule has 0 atom stereocenters. The van der Waals surface area contributed by atoms with Gasteiger partial charge in [0.25, 0.3) is 5.91 Å². The number of benzene rings is 1. The molecule has 1 aromatic carbocycles. The number of hydrogen-bond acceptors (Lipinski definition) is 3. The van der Waals surface area contributed by atoms with Crippen LogP contribution in [-0.2, 0) is 6.54 Å². The maximum absolute atomic E-state index is 12.6. The lowest BCUT2D eigenvalue weighted by atomic mass is 10.2. The standard InChI is InChI=1S/C20H21N3O2/c1-14-12-17(20(24)22-13-16-8-10-21-11-9-16)15(2)23(14)18-6-4-5-7-19(18)25-3/h4-12H,13H2,1-3H3,(H,22,24). The fourth-order valence-corrected chi connectivity index (χ4v) is 2.96. The first-order valence-corrected chi connectivity index (χ1v) is 8.11. The van der Waals surface area contributed by atoms with Gasteiger partial charge in [-0.25, -0.2) is 0 Å². The van der Waals surface area contributed by atoms with Crippen LogP contribution in [0.3, 0.4) is 0 Å². The van der Waals surface area contributed by atoms with Crippen LogP contribution in [0.25, 0.3) is 5.69 Å². The first-order valence-electron chi connectivity index (χ1n) is 8.11. The lowest BCUT2D eigenvalue weighted by Crippen LogP contribution is -2.23. The number of methoxy groups -OCH3 is 1. The minimum atomic E-state index is -0.0916. The Bertz CT molecular complexity index is 885. The van der Waals surface area contributed by atoms with Gasteiger partial charge >= 0.3 is 0 Å². The summed E-state index contributed by atoms with van der Waals surface area (Å²) in [5, 5.41) is 2.97. The van der Waals surface area contributed by atoms with Gasteiger partial charge in [0.2, 0.25) is 0 Å². The van der Waals surface area contributed by atoms with E-state index in [-0.39, 0.29) is 5.91 Å². The van der Waals surface area contributed by atoms with E-state index in [1.54, 1.807) is 19.5 Å². The van der Waals surface area contributed by atoms with Crippen molar-refractivity contribution in [3.05, 3.63) is 77.4 Å². The molecule has 1 N–H and O–H groups in total. The number of pyridine rings is 1. The molecule has 2 aromatic heterocycles. The normalized spacial score (nSPS) is 10.5. The highest BCUT2D eigenvalue weighted by atomic mass is 16.5. The summed E-state index contributed by atoms with van der Waals surface area (Å²) in [4.78, 5) is 16.6. The molecule has 5 heteroatoms. The van der Waals surface area contributed by atoms with Crippen LogP contribution in [-0.4, -0.2) is 22.6 Å². The van der Waals surface area contributed by atoms with Gasteiger partial charge in [-0.2, -0.15) is 0 Å². The van der Waals surface area contributed by atoms with Crippen LogP contribution in [0.2, 0.25) is 0 Å². The molecule has 0 bridgehead atoms. The van der Waals surface area contributed by atoms with E-state index in [0.717, 1.165) is 28.4 Å². The molecule has 0 radical (unpaired) electrons. The smallest absolute Gasteiger partial charge is 0.253 e. The van der Waals surface area contributed by atoms with Gasteiger partial charge in [-0.1, -0.05) is 12.1 Å². The second-order valence-corrected chi connectivity index (χ2v) is 5.83. The fourth-order valence-electron chi connectivity index (χ4n) is 2.96. The number of aromatic nitrogens is 2. The molecule has 0 aliphatic rings. The number of nitrogens with one attached hydrogen (secondary N) is 1. The van der Waals surface area contributed by atoms with E-state index in [1.165, 1.54) is 0 Å². The number of ether oxygens (including phenoxy) is 1. The van der Waals surface area contributed by atoms with Crippen LogP contribution in [0.1, 0.15) is 27.3 Å². The fraction of sp³-hybridized carbons (Fsp3) is 0.200. The SMILES string of the molecule is COc1ccccc1-n1c(C)cc(C(=O)NCc2ccncc2)c1C. The van der Waals surface area contributed by atoms with Crippen molar-refractivity contribution in [3.8, 4) is 11.4 Å². The Kier molecular flexibility index (Phi) is 4.84. The molecule has 128 valence electrons. The number of para-hydroxylation sites is 2. The summed E-state index contributed by atoms with van der Waals surface area (Å²) in [7, 11) is 1.65. The molecule has 0 fully saturated rings. The van der Waals surface area contributed by atoms with Crippen molar-refractivity contribution in [3.63, 3.8) is 0 Å². The maximum atomic E-state index is 12.6. The number of nitrogens with zero attached hydrogens (tertiary/aromatic N) is 2. The molecule has 0 aliphatic carbocycles. The molecule has 5 nitrogen and oxygen atoms in total. The molecule has 0 unspecified atom stereocenters. The molecular formula is C20H21N3O2. The van der Waals surface area contributed by atoms with Crippen LogP contribution < -0.4 is 10.1 Å². The summed E-state index contributed by atoms with van der Waals surface area (Å²) in [6, 6.07) is 13.5. The number of rotatable bonds is 5. The summed E-state index contributed by atoms with van der Waals surface area (Å²) in [5.41, 5.74) is 4.47. The monoisotopic (exact) mass is 335 g/mol. The van der Waals surface area contributed by atoms with Gasteiger partial charge in [0.15, 0.2) is 0 Å². The molecule has 25 heavy (non-hydrogen) atoms. The molecule has 0 aliphatic heterocycles. The van der Waals surface area contributed by atoms with Crippen LogP contribution in [0.5, 0.6) is 5.75 Å². The molecular weight excluding hydrogens is 314 g/mol. The number of aryl methyl sites for hydroxylation is 1. The van der Waals surface area contributed by atoms with Crippen molar-refractivity contribution >= 4 is 5.91 Å². The third-order valence-electron chi connectivity index (χ3n) is 4.20. The van der Waals surface area contributed by atoms with Crippen LogP contribution in [0, 0.1) is 13.8 Å². The molecule has 3 rings (SSSR count). The van der Waals surface area contributed by atoms with E-state index in [1.807, 2.05) is 60.9 Å². The van der Waals surface area contributed by atoms with Gasteiger partial charge in [-0.3, -0.25) is 9.78 Å². The largest absolute Gasteiger partial charge is 0.495 e. The van der Waals surface area contributed by atoms with Crippen molar-refractivity contribution in [1.82, 2.24) is 14.9 Å². The zero-order chi connectivity index (χ0) is 17.8. The van der Waals surface area contributed by atoms with E-state index in [2.05, 4.69) is 10.3 Å².